The van der Waals surface area contributed by atoms with Crippen molar-refractivity contribution >= 4 is 11.6 Å². The zero-order chi connectivity index (χ0) is 14.5. The van der Waals surface area contributed by atoms with Gasteiger partial charge in [0.1, 0.15) is 5.82 Å². The van der Waals surface area contributed by atoms with Crippen LogP contribution in [0, 0.1) is 11.8 Å². The van der Waals surface area contributed by atoms with E-state index in [2.05, 4.69) is 15.5 Å². The van der Waals surface area contributed by atoms with Crippen molar-refractivity contribution in [3.63, 3.8) is 0 Å². The summed E-state index contributed by atoms with van der Waals surface area (Å²) in [7, 11) is 0. The number of hydrogen-bond acceptors (Lipinski definition) is 4. The van der Waals surface area contributed by atoms with Gasteiger partial charge in [-0.15, -0.1) is 10.2 Å². The van der Waals surface area contributed by atoms with Crippen molar-refractivity contribution in [1.29, 1.82) is 0 Å². The molecule has 2 rings (SSSR count). The molecule has 0 radical (unpaired) electrons. The molecule has 3 N–H and O–H groups in total. The van der Waals surface area contributed by atoms with E-state index in [-0.39, 0.29) is 17.7 Å². The van der Waals surface area contributed by atoms with Gasteiger partial charge in [-0.3, -0.25) is 9.20 Å². The zero-order valence-corrected chi connectivity index (χ0v) is 11.9. The smallest absolute Gasteiger partial charge is 0.224 e. The third kappa shape index (κ3) is 3.14. The molecule has 1 unspecified atom stereocenters. The molecule has 0 saturated carbocycles. The van der Waals surface area contributed by atoms with E-state index in [0.717, 1.165) is 11.5 Å². The number of pyridine rings is 1. The van der Waals surface area contributed by atoms with E-state index >= 15 is 0 Å². The number of nitrogens with one attached hydrogen (secondary N) is 1. The maximum atomic E-state index is 12.0. The molecule has 108 valence electrons. The quantitative estimate of drug-likeness (QED) is 0.809. The van der Waals surface area contributed by atoms with E-state index in [9.17, 15) is 4.79 Å². The van der Waals surface area contributed by atoms with Gasteiger partial charge in [0.05, 0.1) is 5.92 Å². The highest BCUT2D eigenvalue weighted by atomic mass is 16.1. The summed E-state index contributed by atoms with van der Waals surface area (Å²) in [6.45, 7) is 4.92. The lowest BCUT2D eigenvalue weighted by molar-refractivity contribution is -0.125. The van der Waals surface area contributed by atoms with E-state index in [0.29, 0.717) is 19.5 Å². The van der Waals surface area contributed by atoms with Gasteiger partial charge in [-0.2, -0.15) is 0 Å². The minimum atomic E-state index is -0.134. The molecule has 0 aliphatic rings. The Hall–Kier alpha value is -1.95. The Kier molecular flexibility index (Phi) is 4.68. The van der Waals surface area contributed by atoms with Gasteiger partial charge in [0, 0.05) is 25.7 Å². The second-order valence-electron chi connectivity index (χ2n) is 5.17. The Labute approximate surface area is 118 Å². The average Bonchev–Trinajstić information content (AvgIpc) is 2.83. The highest BCUT2D eigenvalue weighted by Gasteiger charge is 2.19. The van der Waals surface area contributed by atoms with Crippen LogP contribution >= 0.6 is 0 Å². The first-order valence-corrected chi connectivity index (χ1v) is 6.90. The van der Waals surface area contributed by atoms with Crippen molar-refractivity contribution in [3.8, 4) is 0 Å². The number of rotatable bonds is 6. The molecule has 0 bridgehead atoms. The Bertz CT molecular complexity index is 578. The summed E-state index contributed by atoms with van der Waals surface area (Å²) in [5.41, 5.74) is 6.44. The fourth-order valence-electron chi connectivity index (χ4n) is 2.17. The SMILES string of the molecule is CC(C)C(CN)C(=O)NCCc1nnc2ccccn12. The Morgan fingerprint density at radius 1 is 1.40 bits per heavy atom. The topological polar surface area (TPSA) is 85.3 Å². The summed E-state index contributed by atoms with van der Waals surface area (Å²) >= 11 is 0. The van der Waals surface area contributed by atoms with Crippen LogP contribution < -0.4 is 11.1 Å². The second kappa shape index (κ2) is 6.47. The fraction of sp³-hybridized carbons (Fsp3) is 0.500. The summed E-state index contributed by atoms with van der Waals surface area (Å²) < 4.78 is 1.93. The molecule has 6 heteroatoms. The zero-order valence-electron chi connectivity index (χ0n) is 11.9. The summed E-state index contributed by atoms with van der Waals surface area (Å²) in [4.78, 5) is 12.0. The predicted octanol–water partition coefficient (Wildman–Crippen LogP) is 0.619. The first-order valence-electron chi connectivity index (χ1n) is 6.90. The van der Waals surface area contributed by atoms with Crippen molar-refractivity contribution in [3.05, 3.63) is 30.2 Å². The molecule has 20 heavy (non-hydrogen) atoms. The molecule has 0 spiro atoms. The van der Waals surface area contributed by atoms with Gasteiger partial charge in [-0.05, 0) is 18.1 Å². The lowest BCUT2D eigenvalue weighted by Crippen LogP contribution is -2.38. The van der Waals surface area contributed by atoms with Crippen molar-refractivity contribution in [2.75, 3.05) is 13.1 Å². The third-order valence-corrected chi connectivity index (χ3v) is 3.43. The summed E-state index contributed by atoms with van der Waals surface area (Å²) in [6, 6.07) is 5.75. The maximum Gasteiger partial charge on any atom is 0.224 e. The second-order valence-corrected chi connectivity index (χ2v) is 5.17. The predicted molar refractivity (Wildman–Crippen MR) is 77.1 cm³/mol. The van der Waals surface area contributed by atoms with Crippen LogP contribution in [0.3, 0.4) is 0 Å². The molecule has 0 aliphatic heterocycles. The summed E-state index contributed by atoms with van der Waals surface area (Å²) in [5, 5.41) is 11.1. The van der Waals surface area contributed by atoms with Crippen LogP contribution in [0.5, 0.6) is 0 Å². The van der Waals surface area contributed by atoms with Crippen LogP contribution in [-0.4, -0.2) is 33.6 Å². The summed E-state index contributed by atoms with van der Waals surface area (Å²) in [5.74, 6) is 0.963. The highest BCUT2D eigenvalue weighted by Crippen LogP contribution is 2.09. The summed E-state index contributed by atoms with van der Waals surface area (Å²) in [6.07, 6.45) is 2.57. The molecular weight excluding hydrogens is 254 g/mol. The van der Waals surface area contributed by atoms with Gasteiger partial charge in [0.25, 0.3) is 0 Å². The van der Waals surface area contributed by atoms with Gasteiger partial charge in [0.2, 0.25) is 5.91 Å². The molecule has 0 saturated heterocycles. The van der Waals surface area contributed by atoms with Gasteiger partial charge < -0.3 is 11.1 Å². The maximum absolute atomic E-state index is 12.0. The van der Waals surface area contributed by atoms with Crippen molar-refractivity contribution < 1.29 is 4.79 Å². The van der Waals surface area contributed by atoms with Crippen LogP contribution in [0.15, 0.2) is 24.4 Å². The molecule has 2 heterocycles. The molecular formula is C14H21N5O. The van der Waals surface area contributed by atoms with E-state index in [1.54, 1.807) is 0 Å². The number of carbonyl (C=O) groups excluding carboxylic acids is 1. The third-order valence-electron chi connectivity index (χ3n) is 3.43. The fourth-order valence-corrected chi connectivity index (χ4v) is 2.17. The largest absolute Gasteiger partial charge is 0.355 e. The monoisotopic (exact) mass is 275 g/mol. The van der Waals surface area contributed by atoms with Crippen molar-refractivity contribution in [2.45, 2.75) is 20.3 Å². The number of fused-ring (bicyclic) bond motifs is 1. The Morgan fingerprint density at radius 3 is 2.90 bits per heavy atom. The molecule has 0 aromatic carbocycles. The molecule has 1 amide bonds. The number of amides is 1. The average molecular weight is 275 g/mol. The van der Waals surface area contributed by atoms with Crippen LogP contribution in [0.2, 0.25) is 0 Å². The normalized spacial score (nSPS) is 12.8. The lowest BCUT2D eigenvalue weighted by Gasteiger charge is -2.17. The first kappa shape index (κ1) is 14.5. The van der Waals surface area contributed by atoms with E-state index < -0.39 is 0 Å². The van der Waals surface area contributed by atoms with Crippen LogP contribution in [0.1, 0.15) is 19.7 Å². The highest BCUT2D eigenvalue weighted by molar-refractivity contribution is 5.79. The molecule has 0 aliphatic carbocycles. The van der Waals surface area contributed by atoms with Crippen molar-refractivity contribution in [2.24, 2.45) is 17.6 Å². The van der Waals surface area contributed by atoms with Gasteiger partial charge >= 0.3 is 0 Å². The standard InChI is InChI=1S/C14H21N5O/c1-10(2)11(9-15)14(20)16-7-6-13-18-17-12-5-3-4-8-19(12)13/h3-5,8,10-11H,6-7,9,15H2,1-2H3,(H,16,20). The number of carbonyl (C=O) groups is 1. The minimum absolute atomic E-state index is 0.0105. The van der Waals surface area contributed by atoms with Crippen LogP contribution in [0.25, 0.3) is 5.65 Å². The van der Waals surface area contributed by atoms with Crippen LogP contribution in [0.4, 0.5) is 0 Å². The number of hydrogen-bond donors (Lipinski definition) is 2. The molecule has 2 aromatic heterocycles. The Balaban J connectivity index is 1.91. The number of nitrogens with two attached hydrogens (primary N) is 1. The molecule has 1 atom stereocenters. The van der Waals surface area contributed by atoms with Gasteiger partial charge in [-0.1, -0.05) is 19.9 Å². The minimum Gasteiger partial charge on any atom is -0.355 e. The van der Waals surface area contributed by atoms with Crippen LogP contribution in [-0.2, 0) is 11.2 Å². The molecule has 6 nitrogen and oxygen atoms in total. The lowest BCUT2D eigenvalue weighted by atomic mass is 9.95. The molecule has 0 fully saturated rings. The first-order chi connectivity index (χ1) is 9.63. The van der Waals surface area contributed by atoms with E-state index in [4.69, 9.17) is 5.73 Å². The molecule has 2 aromatic rings. The number of nitrogens with zero attached hydrogens (tertiary/aromatic N) is 3. The van der Waals surface area contributed by atoms with Gasteiger partial charge in [-0.25, -0.2) is 0 Å². The van der Waals surface area contributed by atoms with E-state index in [1.807, 2.05) is 42.6 Å². The van der Waals surface area contributed by atoms with Crippen molar-refractivity contribution in [1.82, 2.24) is 19.9 Å². The van der Waals surface area contributed by atoms with Gasteiger partial charge in [0.15, 0.2) is 5.65 Å². The Morgan fingerprint density at radius 2 is 2.20 bits per heavy atom. The number of aromatic nitrogens is 3. The van der Waals surface area contributed by atoms with E-state index in [1.165, 1.54) is 0 Å².